The second-order valence-corrected chi connectivity index (χ2v) is 4.75. The zero-order chi connectivity index (χ0) is 13.7. The highest BCUT2D eigenvalue weighted by atomic mass is 16.2. The largest absolute Gasteiger partial charge is 0.333 e. The van der Waals surface area contributed by atoms with Gasteiger partial charge in [0.25, 0.3) is 5.91 Å². The van der Waals surface area contributed by atoms with Crippen LogP contribution >= 0.6 is 0 Å². The Morgan fingerprint density at radius 1 is 1.58 bits per heavy atom. The number of nitriles is 1. The van der Waals surface area contributed by atoms with Crippen molar-refractivity contribution in [1.29, 1.82) is 5.26 Å². The number of likely N-dealkylation sites (tertiary alicyclic amines) is 1. The van der Waals surface area contributed by atoms with Crippen LogP contribution in [-0.2, 0) is 0 Å². The monoisotopic (exact) mass is 258 g/mol. The third-order valence-corrected chi connectivity index (χ3v) is 3.44. The standard InChI is InChI=1S/C14H18N4O/c1-16-10-12-4-2-3-7-18(12)14(19)13-6-5-11(8-15)9-17-13/h5-6,9,12,16H,2-4,7,10H2,1H3. The van der Waals surface area contributed by atoms with E-state index in [0.717, 1.165) is 32.4 Å². The van der Waals surface area contributed by atoms with Crippen LogP contribution in [0.15, 0.2) is 18.3 Å². The molecule has 5 nitrogen and oxygen atoms in total. The zero-order valence-corrected chi connectivity index (χ0v) is 11.1. The van der Waals surface area contributed by atoms with Crippen LogP contribution < -0.4 is 5.32 Å². The number of carbonyl (C=O) groups excluding carboxylic acids is 1. The molecule has 0 bridgehead atoms. The predicted octanol–water partition coefficient (Wildman–Crippen LogP) is 1.17. The van der Waals surface area contributed by atoms with E-state index in [9.17, 15) is 4.79 Å². The van der Waals surface area contributed by atoms with E-state index in [1.807, 2.05) is 18.0 Å². The van der Waals surface area contributed by atoms with Gasteiger partial charge in [0.15, 0.2) is 0 Å². The molecule has 2 heterocycles. The molecule has 2 rings (SSSR count). The fourth-order valence-corrected chi connectivity index (χ4v) is 2.45. The van der Waals surface area contributed by atoms with Crippen LogP contribution in [0, 0.1) is 11.3 Å². The van der Waals surface area contributed by atoms with Crippen molar-refractivity contribution < 1.29 is 4.79 Å². The summed E-state index contributed by atoms with van der Waals surface area (Å²) in [6, 6.07) is 5.51. The third-order valence-electron chi connectivity index (χ3n) is 3.44. The molecule has 0 aliphatic carbocycles. The lowest BCUT2D eigenvalue weighted by molar-refractivity contribution is 0.0609. The van der Waals surface area contributed by atoms with Crippen LogP contribution in [0.25, 0.3) is 0 Å². The van der Waals surface area contributed by atoms with Crippen molar-refractivity contribution >= 4 is 5.91 Å². The van der Waals surface area contributed by atoms with Crippen molar-refractivity contribution in [2.75, 3.05) is 20.1 Å². The minimum absolute atomic E-state index is 0.0376. The maximum atomic E-state index is 12.4. The number of rotatable bonds is 3. The van der Waals surface area contributed by atoms with Gasteiger partial charge < -0.3 is 10.2 Å². The molecule has 1 aromatic rings. The van der Waals surface area contributed by atoms with Crippen LogP contribution in [0.3, 0.4) is 0 Å². The minimum atomic E-state index is -0.0376. The Morgan fingerprint density at radius 2 is 2.42 bits per heavy atom. The Morgan fingerprint density at radius 3 is 3.05 bits per heavy atom. The van der Waals surface area contributed by atoms with E-state index in [-0.39, 0.29) is 11.9 Å². The topological polar surface area (TPSA) is 69.0 Å². The molecule has 19 heavy (non-hydrogen) atoms. The Labute approximate surface area is 113 Å². The Balaban J connectivity index is 2.14. The number of piperidine rings is 1. The normalized spacial score (nSPS) is 18.9. The lowest BCUT2D eigenvalue weighted by Gasteiger charge is -2.35. The van der Waals surface area contributed by atoms with Gasteiger partial charge in [-0.1, -0.05) is 0 Å². The van der Waals surface area contributed by atoms with Crippen molar-refractivity contribution in [2.45, 2.75) is 25.3 Å². The Hall–Kier alpha value is -1.93. The molecular weight excluding hydrogens is 240 g/mol. The lowest BCUT2D eigenvalue weighted by atomic mass is 10.0. The van der Waals surface area contributed by atoms with Gasteiger partial charge in [0.05, 0.1) is 5.56 Å². The number of likely N-dealkylation sites (N-methyl/N-ethyl adjacent to an activating group) is 1. The molecule has 0 aromatic carbocycles. The number of aromatic nitrogens is 1. The van der Waals surface area contributed by atoms with Gasteiger partial charge in [-0.3, -0.25) is 4.79 Å². The summed E-state index contributed by atoms with van der Waals surface area (Å²) in [5.41, 5.74) is 0.893. The molecule has 1 aliphatic heterocycles. The van der Waals surface area contributed by atoms with Gasteiger partial charge in [-0.05, 0) is 38.4 Å². The summed E-state index contributed by atoms with van der Waals surface area (Å²) in [5.74, 6) is -0.0376. The van der Waals surface area contributed by atoms with Crippen molar-refractivity contribution in [3.05, 3.63) is 29.6 Å². The van der Waals surface area contributed by atoms with E-state index in [4.69, 9.17) is 5.26 Å². The van der Waals surface area contributed by atoms with Crippen molar-refractivity contribution in [1.82, 2.24) is 15.2 Å². The molecule has 1 saturated heterocycles. The van der Waals surface area contributed by atoms with Gasteiger partial charge in [-0.15, -0.1) is 0 Å². The summed E-state index contributed by atoms with van der Waals surface area (Å²) in [4.78, 5) is 18.4. The highest BCUT2D eigenvalue weighted by molar-refractivity contribution is 5.92. The molecule has 5 heteroatoms. The summed E-state index contributed by atoms with van der Waals surface area (Å²) >= 11 is 0. The molecule has 1 aliphatic rings. The van der Waals surface area contributed by atoms with Gasteiger partial charge in [0.1, 0.15) is 11.8 Å². The molecule has 0 radical (unpaired) electrons. The number of carbonyl (C=O) groups is 1. The molecule has 1 amide bonds. The van der Waals surface area contributed by atoms with Crippen molar-refractivity contribution in [3.63, 3.8) is 0 Å². The first-order valence-corrected chi connectivity index (χ1v) is 6.58. The SMILES string of the molecule is CNCC1CCCCN1C(=O)c1ccc(C#N)cn1. The number of amides is 1. The number of hydrogen-bond donors (Lipinski definition) is 1. The van der Waals surface area contributed by atoms with E-state index in [1.54, 1.807) is 12.1 Å². The second-order valence-electron chi connectivity index (χ2n) is 4.75. The van der Waals surface area contributed by atoms with E-state index in [2.05, 4.69) is 10.3 Å². The first-order valence-electron chi connectivity index (χ1n) is 6.58. The second kappa shape index (κ2) is 6.30. The van der Waals surface area contributed by atoms with E-state index < -0.39 is 0 Å². The number of hydrogen-bond acceptors (Lipinski definition) is 4. The van der Waals surface area contributed by atoms with Crippen LogP contribution in [0.2, 0.25) is 0 Å². The minimum Gasteiger partial charge on any atom is -0.333 e. The van der Waals surface area contributed by atoms with Crippen LogP contribution in [0.1, 0.15) is 35.3 Å². The smallest absolute Gasteiger partial charge is 0.272 e. The van der Waals surface area contributed by atoms with Gasteiger partial charge >= 0.3 is 0 Å². The molecule has 1 unspecified atom stereocenters. The highest BCUT2D eigenvalue weighted by Gasteiger charge is 2.27. The van der Waals surface area contributed by atoms with E-state index in [1.165, 1.54) is 6.20 Å². The molecular formula is C14H18N4O. The van der Waals surface area contributed by atoms with Crippen LogP contribution in [0.5, 0.6) is 0 Å². The fourth-order valence-electron chi connectivity index (χ4n) is 2.45. The number of pyridine rings is 1. The highest BCUT2D eigenvalue weighted by Crippen LogP contribution is 2.18. The fraction of sp³-hybridized carbons (Fsp3) is 0.500. The molecule has 0 saturated carbocycles. The number of nitrogens with one attached hydrogen (secondary N) is 1. The first-order chi connectivity index (χ1) is 9.26. The van der Waals surface area contributed by atoms with Crippen molar-refractivity contribution in [2.24, 2.45) is 0 Å². The molecule has 1 fully saturated rings. The quantitative estimate of drug-likeness (QED) is 0.883. The lowest BCUT2D eigenvalue weighted by Crippen LogP contribution is -2.48. The van der Waals surface area contributed by atoms with E-state index in [0.29, 0.717) is 11.3 Å². The molecule has 100 valence electrons. The van der Waals surface area contributed by atoms with Gasteiger partial charge in [-0.2, -0.15) is 5.26 Å². The Kier molecular flexibility index (Phi) is 4.48. The maximum absolute atomic E-state index is 12.4. The predicted molar refractivity (Wildman–Crippen MR) is 71.6 cm³/mol. The number of nitrogens with zero attached hydrogens (tertiary/aromatic N) is 3. The molecule has 1 atom stereocenters. The average molecular weight is 258 g/mol. The molecule has 1 aromatic heterocycles. The van der Waals surface area contributed by atoms with Gasteiger partial charge in [0.2, 0.25) is 0 Å². The third kappa shape index (κ3) is 3.09. The Bertz CT molecular complexity index is 475. The summed E-state index contributed by atoms with van der Waals surface area (Å²) in [6.07, 6.45) is 4.69. The van der Waals surface area contributed by atoms with Crippen molar-refractivity contribution in [3.8, 4) is 6.07 Å². The van der Waals surface area contributed by atoms with Crippen LogP contribution in [-0.4, -0.2) is 42.0 Å². The molecule has 0 spiro atoms. The average Bonchev–Trinajstić information content (AvgIpc) is 2.47. The van der Waals surface area contributed by atoms with Crippen LogP contribution in [0.4, 0.5) is 0 Å². The maximum Gasteiger partial charge on any atom is 0.272 e. The van der Waals surface area contributed by atoms with E-state index >= 15 is 0 Å². The first kappa shape index (κ1) is 13.5. The summed E-state index contributed by atoms with van der Waals surface area (Å²) in [5, 5.41) is 11.9. The van der Waals surface area contributed by atoms with Gasteiger partial charge in [-0.25, -0.2) is 4.98 Å². The summed E-state index contributed by atoms with van der Waals surface area (Å²) < 4.78 is 0. The molecule has 1 N–H and O–H groups in total. The summed E-state index contributed by atoms with van der Waals surface area (Å²) in [6.45, 7) is 1.59. The zero-order valence-electron chi connectivity index (χ0n) is 11.1. The van der Waals surface area contributed by atoms with Gasteiger partial charge in [0, 0.05) is 25.3 Å². The summed E-state index contributed by atoms with van der Waals surface area (Å²) in [7, 11) is 1.90.